The van der Waals surface area contributed by atoms with E-state index in [-0.39, 0.29) is 67.7 Å². The van der Waals surface area contributed by atoms with Crippen LogP contribution in [-0.2, 0) is 24.6 Å². The first kappa shape index (κ1) is 50.1. The fourth-order valence-corrected chi connectivity index (χ4v) is 9.18. The molecular weight excluding hydrogens is 869 g/mol. The molecule has 1 amide bonds. The number of β-amino-alcohol motifs (C(OH)–C–C–N with tert-alkyl or cyclic N) is 1. The number of nitrogens with zero attached hydrogens (tertiary/aromatic N) is 4. The van der Waals surface area contributed by atoms with Crippen molar-refractivity contribution in [1.29, 1.82) is 0 Å². The van der Waals surface area contributed by atoms with Crippen LogP contribution >= 0.6 is 0 Å². The highest BCUT2D eigenvalue weighted by molar-refractivity contribution is 6.06. The van der Waals surface area contributed by atoms with Crippen molar-refractivity contribution in [1.82, 2.24) is 9.80 Å². The van der Waals surface area contributed by atoms with Gasteiger partial charge in [-0.25, -0.2) is 9.59 Å². The summed E-state index contributed by atoms with van der Waals surface area (Å²) in [6, 6.07) is 42.2. The maximum absolute atomic E-state index is 14.5. The number of aliphatic imine (C=N–C) groups is 1. The van der Waals surface area contributed by atoms with Gasteiger partial charge in [0, 0.05) is 42.4 Å². The van der Waals surface area contributed by atoms with Crippen LogP contribution in [0.15, 0.2) is 156 Å². The van der Waals surface area contributed by atoms with Crippen molar-refractivity contribution >= 4 is 29.4 Å². The zero-order valence-corrected chi connectivity index (χ0v) is 39.1. The van der Waals surface area contributed by atoms with Gasteiger partial charge < -0.3 is 34.1 Å². The number of aliphatic carboxylic acids is 1. The number of carboxylic acid groups (broad SMARTS) is 1. The fourth-order valence-electron chi connectivity index (χ4n) is 9.18. The van der Waals surface area contributed by atoms with Crippen molar-refractivity contribution in [3.63, 3.8) is 0 Å². The van der Waals surface area contributed by atoms with E-state index in [1.54, 1.807) is 26.0 Å². The van der Waals surface area contributed by atoms with Gasteiger partial charge in [0.15, 0.2) is 11.5 Å². The number of nitro benzene ring substituents is 1. The molecule has 15 heteroatoms. The third kappa shape index (κ3) is 10.9. The van der Waals surface area contributed by atoms with E-state index >= 15 is 0 Å². The summed E-state index contributed by atoms with van der Waals surface area (Å²) in [4.78, 5) is 61.4. The summed E-state index contributed by atoms with van der Waals surface area (Å²) in [6.07, 6.45) is -1.90. The fraction of sp³-hybridized carbons (Fsp3) is 0.321. The third-order valence-corrected chi connectivity index (χ3v) is 12.0. The highest BCUT2D eigenvalue weighted by Gasteiger charge is 2.50. The molecule has 2 N–H and O–H groups in total. The summed E-state index contributed by atoms with van der Waals surface area (Å²) in [5.74, 6) is -3.96. The highest BCUT2D eigenvalue weighted by atomic mass is 16.6. The number of rotatable bonds is 21. The van der Waals surface area contributed by atoms with Crippen LogP contribution in [0, 0.1) is 16.0 Å². The summed E-state index contributed by atoms with van der Waals surface area (Å²) >= 11 is 0. The maximum Gasteiger partial charge on any atom is 0.410 e. The number of benzene rings is 5. The molecule has 6 rings (SSSR count). The largest absolute Gasteiger partial charge is 0.493 e. The number of hydrogen-bond acceptors (Lipinski definition) is 12. The molecule has 1 heterocycles. The molecule has 0 aliphatic carbocycles. The first-order valence-electron chi connectivity index (χ1n) is 22.4. The van der Waals surface area contributed by atoms with Gasteiger partial charge in [-0.2, -0.15) is 0 Å². The summed E-state index contributed by atoms with van der Waals surface area (Å²) in [6.45, 7) is 7.92. The maximum atomic E-state index is 14.5. The second-order valence-corrected chi connectivity index (χ2v) is 16.9. The molecule has 0 spiro atoms. The van der Waals surface area contributed by atoms with E-state index in [1.807, 2.05) is 117 Å². The van der Waals surface area contributed by atoms with Crippen LogP contribution in [0.1, 0.15) is 62.8 Å². The topological polar surface area (TPSA) is 191 Å². The Kier molecular flexibility index (Phi) is 16.5. The van der Waals surface area contributed by atoms with Crippen molar-refractivity contribution < 1.29 is 48.5 Å². The predicted octanol–water partition coefficient (Wildman–Crippen LogP) is 8.65. The van der Waals surface area contributed by atoms with E-state index in [0.29, 0.717) is 11.5 Å². The average molecular weight is 927 g/mol. The molecule has 0 fully saturated rings. The van der Waals surface area contributed by atoms with E-state index in [0.717, 1.165) is 16.7 Å². The second kappa shape index (κ2) is 22.4. The van der Waals surface area contributed by atoms with Crippen LogP contribution in [0.3, 0.4) is 0 Å². The Morgan fingerprint density at radius 1 is 0.794 bits per heavy atom. The lowest BCUT2D eigenvalue weighted by atomic mass is 9.73. The molecule has 3 unspecified atom stereocenters. The van der Waals surface area contributed by atoms with Gasteiger partial charge in [-0.15, -0.1) is 0 Å². The van der Waals surface area contributed by atoms with E-state index in [9.17, 15) is 34.7 Å². The van der Waals surface area contributed by atoms with E-state index in [2.05, 4.69) is 4.90 Å². The number of nitro groups is 1. The molecule has 0 saturated carbocycles. The smallest absolute Gasteiger partial charge is 0.410 e. The lowest BCUT2D eigenvalue weighted by molar-refractivity contribution is -0.384. The second-order valence-electron chi connectivity index (χ2n) is 16.9. The molecule has 0 bridgehead atoms. The van der Waals surface area contributed by atoms with Crippen LogP contribution in [0.4, 0.5) is 10.5 Å². The van der Waals surface area contributed by atoms with Gasteiger partial charge in [0.05, 0.1) is 48.6 Å². The Morgan fingerprint density at radius 2 is 1.34 bits per heavy atom. The van der Waals surface area contributed by atoms with Crippen LogP contribution in [0.5, 0.6) is 11.5 Å². The van der Waals surface area contributed by atoms with Crippen LogP contribution in [-0.4, -0.2) is 107 Å². The van der Waals surface area contributed by atoms with Crippen molar-refractivity contribution in [3.05, 3.63) is 183 Å². The lowest BCUT2D eigenvalue weighted by Gasteiger charge is -2.54. The minimum atomic E-state index is -1.41. The molecule has 0 radical (unpaired) electrons. The third-order valence-electron chi connectivity index (χ3n) is 12.0. The molecule has 356 valence electrons. The predicted molar refractivity (Wildman–Crippen MR) is 257 cm³/mol. The molecule has 0 saturated heterocycles. The van der Waals surface area contributed by atoms with E-state index < -0.39 is 52.0 Å². The number of non-ortho nitro benzene ring substituents is 1. The molecule has 5 aromatic rings. The molecule has 0 aromatic heterocycles. The number of ether oxygens (including phenoxy) is 4. The first-order chi connectivity index (χ1) is 32.7. The minimum Gasteiger partial charge on any atom is -0.493 e. The van der Waals surface area contributed by atoms with Gasteiger partial charge in [0.2, 0.25) is 0 Å². The summed E-state index contributed by atoms with van der Waals surface area (Å²) < 4.78 is 23.0. The number of carbonyl (C=O) groups excluding carboxylic acids is 2. The Bertz CT molecular complexity index is 2510. The van der Waals surface area contributed by atoms with E-state index in [1.165, 1.54) is 43.2 Å². The minimum absolute atomic E-state index is 0.00999. The Morgan fingerprint density at radius 3 is 1.85 bits per heavy atom. The number of para-hydroxylation sites is 2. The number of hydrogen-bond donors (Lipinski definition) is 2. The summed E-state index contributed by atoms with van der Waals surface area (Å²) in [5.41, 5.74) is 0.106. The molecule has 5 aromatic carbocycles. The lowest BCUT2D eigenvalue weighted by Crippen LogP contribution is -2.63. The van der Waals surface area contributed by atoms with Gasteiger partial charge in [-0.3, -0.25) is 24.8 Å². The Balaban J connectivity index is 1.56. The summed E-state index contributed by atoms with van der Waals surface area (Å²) in [7, 11) is 1.54. The number of carboxylic acids is 1. The standard InChI is InChI=1S/C53H58N4O11/c1-7-66-50(61)48-43(54-36(3)46(49(59)60)47(48)37-21-20-28-41(31-37)57(63)64)33-55(51(62)67-8-2)35-52(4,5)56(32-42(58)34-68-45-30-19-18-29-44(45)65-6)53(38-22-12-9-13-23-38,39-24-14-10-15-25-39)40-26-16-11-17-27-40/h9-31,42,46-47,58H,7-8,32-35H2,1-6H3,(H,59,60). The van der Waals surface area contributed by atoms with E-state index in [4.69, 9.17) is 23.9 Å². The van der Waals surface area contributed by atoms with Crippen molar-refractivity contribution in [3.8, 4) is 11.5 Å². The van der Waals surface area contributed by atoms with Crippen LogP contribution in [0.25, 0.3) is 0 Å². The molecule has 15 nitrogen and oxygen atoms in total. The number of carbonyl (C=O) groups is 3. The average Bonchev–Trinajstić information content (AvgIpc) is 3.33. The number of esters is 1. The monoisotopic (exact) mass is 926 g/mol. The van der Waals surface area contributed by atoms with Gasteiger partial charge in [-0.1, -0.05) is 115 Å². The molecule has 68 heavy (non-hydrogen) atoms. The van der Waals surface area contributed by atoms with Gasteiger partial charge in [-0.05, 0) is 69.0 Å². The van der Waals surface area contributed by atoms with Crippen LogP contribution < -0.4 is 9.47 Å². The SMILES string of the molecule is CCOC(=O)C1=C(CN(CC(C)(C)N(CC(O)COc2ccccc2OC)C(c2ccccc2)(c2ccccc2)c2ccccc2)C(=O)OCC)N=C(C)C(C(=O)O)C1c1cccc([N+](=O)[O-])c1. The normalized spacial score (nSPS) is 15.5. The quantitative estimate of drug-likeness (QED) is 0.0309. The number of methoxy groups -OCH3 is 1. The van der Waals surface area contributed by atoms with Crippen LogP contribution in [0.2, 0.25) is 0 Å². The number of aliphatic hydroxyl groups is 1. The number of amides is 1. The highest BCUT2D eigenvalue weighted by Crippen LogP contribution is 2.47. The Labute approximate surface area is 396 Å². The molecule has 3 atom stereocenters. The molecular formula is C53H58N4O11. The zero-order chi connectivity index (χ0) is 49.0. The first-order valence-corrected chi connectivity index (χ1v) is 22.4. The van der Waals surface area contributed by atoms with Gasteiger partial charge in [0.1, 0.15) is 18.6 Å². The van der Waals surface area contributed by atoms with Gasteiger partial charge in [0.25, 0.3) is 5.69 Å². The van der Waals surface area contributed by atoms with Crippen molar-refractivity contribution in [2.45, 2.75) is 57.7 Å². The summed E-state index contributed by atoms with van der Waals surface area (Å²) in [5, 5.41) is 34.9. The Hall–Kier alpha value is -7.36. The van der Waals surface area contributed by atoms with Gasteiger partial charge >= 0.3 is 18.0 Å². The molecule has 1 aliphatic heterocycles. The molecule has 1 aliphatic rings. The van der Waals surface area contributed by atoms with Crippen molar-refractivity contribution in [2.75, 3.05) is 46.6 Å². The zero-order valence-electron chi connectivity index (χ0n) is 39.1. The number of aliphatic hydroxyl groups excluding tert-OH is 1. The van der Waals surface area contributed by atoms with Crippen molar-refractivity contribution in [2.24, 2.45) is 10.9 Å².